The first-order valence-electron chi connectivity index (χ1n) is 3.99. The van der Waals surface area contributed by atoms with E-state index in [9.17, 15) is 4.39 Å². The molecule has 2 rings (SSSR count). The van der Waals surface area contributed by atoms with Crippen LogP contribution in [0, 0.1) is 18.2 Å². The zero-order valence-corrected chi connectivity index (χ0v) is 7.47. The summed E-state index contributed by atoms with van der Waals surface area (Å²) < 4.78 is 18.4. The molecule has 14 heavy (non-hydrogen) atoms. The molecule has 0 amide bonds. The molecule has 1 N–H and O–H groups in total. The molecule has 0 fully saturated rings. The summed E-state index contributed by atoms with van der Waals surface area (Å²) in [7, 11) is 1.66. The fourth-order valence-electron chi connectivity index (χ4n) is 1.21. The first-order valence-corrected chi connectivity index (χ1v) is 3.99. The van der Waals surface area contributed by atoms with Crippen LogP contribution < -0.4 is 5.32 Å². The van der Waals surface area contributed by atoms with Gasteiger partial charge in [0.15, 0.2) is 5.58 Å². The molecule has 1 aromatic carbocycles. The van der Waals surface area contributed by atoms with E-state index < -0.39 is 5.82 Å². The van der Waals surface area contributed by atoms with E-state index in [1.165, 1.54) is 12.1 Å². The number of nitrogens with zero attached hydrogens (tertiary/aromatic N) is 1. The third-order valence-electron chi connectivity index (χ3n) is 1.87. The van der Waals surface area contributed by atoms with E-state index in [4.69, 9.17) is 10.8 Å². The summed E-state index contributed by atoms with van der Waals surface area (Å²) in [5.41, 5.74) is 0.980. The van der Waals surface area contributed by atoms with Gasteiger partial charge in [-0.2, -0.15) is 4.98 Å². The maximum atomic E-state index is 13.2. The lowest BCUT2D eigenvalue weighted by molar-refractivity contribution is 0.613. The van der Waals surface area contributed by atoms with Crippen molar-refractivity contribution in [2.45, 2.75) is 0 Å². The third-order valence-corrected chi connectivity index (χ3v) is 1.87. The van der Waals surface area contributed by atoms with Crippen LogP contribution in [0.25, 0.3) is 11.1 Å². The molecule has 0 saturated carbocycles. The molecule has 4 heteroatoms. The summed E-state index contributed by atoms with van der Waals surface area (Å²) in [6.07, 6.45) is 5.18. The Kier molecular flexibility index (Phi) is 1.86. The van der Waals surface area contributed by atoms with E-state index in [0.717, 1.165) is 0 Å². The minimum Gasteiger partial charge on any atom is -0.424 e. The van der Waals surface area contributed by atoms with Crippen LogP contribution in [-0.2, 0) is 0 Å². The number of nitrogens with one attached hydrogen (secondary N) is 1. The van der Waals surface area contributed by atoms with E-state index in [1.807, 2.05) is 0 Å². The van der Waals surface area contributed by atoms with Crippen LogP contribution in [-0.4, -0.2) is 12.0 Å². The zero-order chi connectivity index (χ0) is 10.1. The van der Waals surface area contributed by atoms with Crippen LogP contribution in [0.4, 0.5) is 10.4 Å². The molecule has 0 bridgehead atoms. The number of terminal acetylenes is 1. The van der Waals surface area contributed by atoms with Gasteiger partial charge in [0.2, 0.25) is 0 Å². The number of benzene rings is 1. The Balaban J connectivity index is 2.81. The van der Waals surface area contributed by atoms with E-state index in [1.54, 1.807) is 7.05 Å². The second kappa shape index (κ2) is 3.04. The van der Waals surface area contributed by atoms with Crippen molar-refractivity contribution in [3.63, 3.8) is 0 Å². The van der Waals surface area contributed by atoms with Gasteiger partial charge in [0.05, 0.1) is 5.56 Å². The third kappa shape index (κ3) is 1.11. The Morgan fingerprint density at radius 3 is 3.00 bits per heavy atom. The molecule has 0 aliphatic heterocycles. The van der Waals surface area contributed by atoms with Crippen molar-refractivity contribution in [1.29, 1.82) is 0 Å². The van der Waals surface area contributed by atoms with Gasteiger partial charge in [0, 0.05) is 7.05 Å². The van der Waals surface area contributed by atoms with Crippen LogP contribution in [0.15, 0.2) is 16.5 Å². The Morgan fingerprint density at radius 1 is 1.57 bits per heavy atom. The predicted octanol–water partition coefficient (Wildman–Crippen LogP) is 1.99. The summed E-state index contributed by atoms with van der Waals surface area (Å²) in [5, 5.41) is 2.72. The van der Waals surface area contributed by atoms with Gasteiger partial charge in [-0.3, -0.25) is 0 Å². The summed E-state index contributed by atoms with van der Waals surface area (Å²) in [5.74, 6) is 1.79. The molecule has 0 radical (unpaired) electrons. The highest BCUT2D eigenvalue weighted by Crippen LogP contribution is 2.23. The van der Waals surface area contributed by atoms with Gasteiger partial charge in [-0.25, -0.2) is 4.39 Å². The van der Waals surface area contributed by atoms with Crippen molar-refractivity contribution in [2.24, 2.45) is 0 Å². The average molecular weight is 190 g/mol. The Morgan fingerprint density at radius 2 is 2.36 bits per heavy atom. The van der Waals surface area contributed by atoms with Gasteiger partial charge in [-0.1, -0.05) is 5.92 Å². The SMILES string of the molecule is C#Cc1c(F)ccc2oc(NC)nc12. The van der Waals surface area contributed by atoms with E-state index in [-0.39, 0.29) is 5.56 Å². The number of hydrogen-bond acceptors (Lipinski definition) is 3. The van der Waals surface area contributed by atoms with Gasteiger partial charge in [0.1, 0.15) is 11.3 Å². The average Bonchev–Trinajstić information content (AvgIpc) is 2.60. The summed E-state index contributed by atoms with van der Waals surface area (Å²) in [4.78, 5) is 4.00. The number of hydrogen-bond donors (Lipinski definition) is 1. The molecule has 3 nitrogen and oxygen atoms in total. The van der Waals surface area contributed by atoms with Crippen molar-refractivity contribution < 1.29 is 8.81 Å². The van der Waals surface area contributed by atoms with Crippen molar-refractivity contribution in [3.05, 3.63) is 23.5 Å². The number of anilines is 1. The number of aromatic nitrogens is 1. The van der Waals surface area contributed by atoms with Crippen LogP contribution in [0.3, 0.4) is 0 Å². The summed E-state index contributed by atoms with van der Waals surface area (Å²) >= 11 is 0. The largest absolute Gasteiger partial charge is 0.424 e. The normalized spacial score (nSPS) is 10.1. The number of oxazole rings is 1. The van der Waals surface area contributed by atoms with Crippen molar-refractivity contribution >= 4 is 17.1 Å². The molecule has 1 heterocycles. The highest BCUT2D eigenvalue weighted by Gasteiger charge is 2.11. The minimum atomic E-state index is -0.462. The highest BCUT2D eigenvalue weighted by molar-refractivity contribution is 5.81. The fourth-order valence-corrected chi connectivity index (χ4v) is 1.21. The van der Waals surface area contributed by atoms with Gasteiger partial charge in [-0.05, 0) is 12.1 Å². The molecule has 0 aliphatic carbocycles. The van der Waals surface area contributed by atoms with E-state index >= 15 is 0 Å². The van der Waals surface area contributed by atoms with Crippen LogP contribution in [0.2, 0.25) is 0 Å². The Hall–Kier alpha value is -2.02. The molecule has 0 atom stereocenters. The van der Waals surface area contributed by atoms with Crippen molar-refractivity contribution in [1.82, 2.24) is 4.98 Å². The molecule has 2 aromatic rings. The lowest BCUT2D eigenvalue weighted by Gasteiger charge is -1.92. The molecule has 0 spiro atoms. The standard InChI is InChI=1S/C10H7FN2O/c1-3-6-7(11)4-5-8-9(6)13-10(12-2)14-8/h1,4-5H,2H3,(H,12,13). The predicted molar refractivity (Wildman–Crippen MR) is 51.4 cm³/mol. The molecule has 0 unspecified atom stereocenters. The number of rotatable bonds is 1. The summed E-state index contributed by atoms with van der Waals surface area (Å²) in [6, 6.07) is 3.09. The second-order valence-corrected chi connectivity index (χ2v) is 2.68. The van der Waals surface area contributed by atoms with Gasteiger partial charge in [-0.15, -0.1) is 6.42 Å². The molecular formula is C10H7FN2O. The lowest BCUT2D eigenvalue weighted by Crippen LogP contribution is -1.87. The van der Waals surface area contributed by atoms with Crippen LogP contribution in [0.1, 0.15) is 5.56 Å². The van der Waals surface area contributed by atoms with Crippen molar-refractivity contribution in [2.75, 3.05) is 12.4 Å². The van der Waals surface area contributed by atoms with Crippen LogP contribution in [0.5, 0.6) is 0 Å². The smallest absolute Gasteiger partial charge is 0.295 e. The Labute approximate surface area is 79.9 Å². The molecular weight excluding hydrogens is 183 g/mol. The topological polar surface area (TPSA) is 38.1 Å². The first kappa shape index (κ1) is 8.57. The molecule has 0 saturated heterocycles. The fraction of sp³-hybridized carbons (Fsp3) is 0.100. The molecule has 1 aromatic heterocycles. The second-order valence-electron chi connectivity index (χ2n) is 2.68. The van der Waals surface area contributed by atoms with Gasteiger partial charge >= 0.3 is 0 Å². The quantitative estimate of drug-likeness (QED) is 0.699. The molecule has 70 valence electrons. The minimum absolute atomic E-state index is 0.132. The van der Waals surface area contributed by atoms with E-state index in [2.05, 4.69) is 16.2 Å². The van der Waals surface area contributed by atoms with Crippen molar-refractivity contribution in [3.8, 4) is 12.3 Å². The summed E-state index contributed by atoms with van der Waals surface area (Å²) in [6.45, 7) is 0. The lowest BCUT2D eigenvalue weighted by atomic mass is 10.2. The van der Waals surface area contributed by atoms with Gasteiger partial charge in [0.25, 0.3) is 6.01 Å². The Bertz CT molecular complexity index is 525. The van der Waals surface area contributed by atoms with Crippen LogP contribution >= 0.6 is 0 Å². The maximum Gasteiger partial charge on any atom is 0.295 e. The monoisotopic (exact) mass is 190 g/mol. The number of fused-ring (bicyclic) bond motifs is 1. The number of halogens is 1. The highest BCUT2D eigenvalue weighted by atomic mass is 19.1. The zero-order valence-electron chi connectivity index (χ0n) is 7.47. The molecule has 0 aliphatic rings. The maximum absolute atomic E-state index is 13.2. The van der Waals surface area contributed by atoms with E-state index in [0.29, 0.717) is 17.1 Å². The van der Waals surface area contributed by atoms with Gasteiger partial charge < -0.3 is 9.73 Å². The first-order chi connectivity index (χ1) is 6.76.